The molecular formula is C14H19N3O2S2. The first-order valence-electron chi connectivity index (χ1n) is 6.74. The van der Waals surface area contributed by atoms with Crippen LogP contribution in [0.25, 0.3) is 0 Å². The van der Waals surface area contributed by atoms with Crippen LogP contribution in [0.4, 0.5) is 0 Å². The van der Waals surface area contributed by atoms with Gasteiger partial charge in [0.25, 0.3) is 0 Å². The van der Waals surface area contributed by atoms with Crippen molar-refractivity contribution in [2.24, 2.45) is 0 Å². The summed E-state index contributed by atoms with van der Waals surface area (Å²) in [6.45, 7) is 8.28. The minimum atomic E-state index is -0.835. The van der Waals surface area contributed by atoms with E-state index < -0.39 is 5.97 Å². The topological polar surface area (TPSA) is 68.0 Å². The second-order valence-corrected chi connectivity index (χ2v) is 7.01. The van der Waals surface area contributed by atoms with E-state index >= 15 is 0 Å². The molecule has 1 atom stereocenters. The predicted octanol–water partition coefficient (Wildman–Crippen LogP) is 3.56. The summed E-state index contributed by atoms with van der Waals surface area (Å²) < 4.78 is 2.11. The van der Waals surface area contributed by atoms with E-state index in [-0.39, 0.29) is 11.8 Å². The smallest absolute Gasteiger partial charge is 0.313 e. The van der Waals surface area contributed by atoms with Gasteiger partial charge < -0.3 is 9.67 Å². The number of thiazole rings is 1. The molecule has 0 aromatic carbocycles. The van der Waals surface area contributed by atoms with Gasteiger partial charge in [0.05, 0.1) is 11.8 Å². The van der Waals surface area contributed by atoms with Crippen LogP contribution in [0.15, 0.2) is 16.7 Å². The van der Waals surface area contributed by atoms with Crippen LogP contribution in [0.1, 0.15) is 49.1 Å². The Morgan fingerprint density at radius 1 is 1.48 bits per heavy atom. The molecule has 1 unspecified atom stereocenters. The van der Waals surface area contributed by atoms with Gasteiger partial charge >= 0.3 is 5.97 Å². The fourth-order valence-electron chi connectivity index (χ4n) is 2.08. The zero-order chi connectivity index (χ0) is 15.6. The summed E-state index contributed by atoms with van der Waals surface area (Å²) in [6, 6.07) is 0.0555. The first kappa shape index (κ1) is 16.0. The van der Waals surface area contributed by atoms with Gasteiger partial charge in [0.2, 0.25) is 0 Å². The van der Waals surface area contributed by atoms with Crippen LogP contribution in [0.2, 0.25) is 0 Å². The van der Waals surface area contributed by atoms with E-state index in [1.165, 1.54) is 11.8 Å². The Bertz CT molecular complexity index is 634. The second-order valence-electron chi connectivity index (χ2n) is 5.18. The van der Waals surface area contributed by atoms with Crippen LogP contribution in [-0.4, -0.2) is 31.4 Å². The van der Waals surface area contributed by atoms with E-state index in [9.17, 15) is 4.79 Å². The lowest BCUT2D eigenvalue weighted by molar-refractivity contribution is -0.133. The molecule has 7 heteroatoms. The average Bonchev–Trinajstić information content (AvgIpc) is 3.01. The third-order valence-electron chi connectivity index (χ3n) is 3.09. The maximum atomic E-state index is 10.8. The number of hydrogen-bond acceptors (Lipinski definition) is 5. The van der Waals surface area contributed by atoms with Crippen molar-refractivity contribution in [2.75, 3.05) is 5.75 Å². The molecular weight excluding hydrogens is 306 g/mol. The summed E-state index contributed by atoms with van der Waals surface area (Å²) in [7, 11) is 0. The quantitative estimate of drug-likeness (QED) is 0.823. The highest BCUT2D eigenvalue weighted by atomic mass is 32.2. The number of carboxylic acid groups (broad SMARTS) is 1. The molecule has 0 saturated carbocycles. The first-order valence-corrected chi connectivity index (χ1v) is 8.60. The minimum absolute atomic E-state index is 0.0121. The summed E-state index contributed by atoms with van der Waals surface area (Å²) >= 11 is 2.88. The Morgan fingerprint density at radius 3 is 2.71 bits per heavy atom. The standard InChI is InChI=1S/C14H19N3O2S2/c1-8(2)11-5-15-14(21-7-12(18)19)17(11)10(4)13-16-9(3)6-20-13/h5-6,8,10H,7H2,1-4H3,(H,18,19). The molecule has 0 spiro atoms. The fourth-order valence-corrected chi connectivity index (χ4v) is 3.71. The molecule has 2 rings (SSSR count). The zero-order valence-electron chi connectivity index (χ0n) is 12.5. The Morgan fingerprint density at radius 2 is 2.19 bits per heavy atom. The third-order valence-corrected chi connectivity index (χ3v) is 5.17. The summed E-state index contributed by atoms with van der Waals surface area (Å²) in [6.07, 6.45) is 1.84. The molecule has 0 radical (unpaired) electrons. The van der Waals surface area contributed by atoms with Crippen molar-refractivity contribution in [1.29, 1.82) is 0 Å². The third kappa shape index (κ3) is 3.65. The molecule has 0 aliphatic carbocycles. The number of thioether (sulfide) groups is 1. The zero-order valence-corrected chi connectivity index (χ0v) is 14.2. The lowest BCUT2D eigenvalue weighted by Gasteiger charge is -2.19. The predicted molar refractivity (Wildman–Crippen MR) is 85.3 cm³/mol. The molecule has 0 saturated heterocycles. The van der Waals surface area contributed by atoms with Crippen LogP contribution < -0.4 is 0 Å². The molecule has 0 aliphatic rings. The van der Waals surface area contributed by atoms with Crippen LogP contribution in [0, 0.1) is 6.92 Å². The van der Waals surface area contributed by atoms with Gasteiger partial charge in [-0.05, 0) is 19.8 Å². The Labute approximate surface area is 132 Å². The summed E-state index contributed by atoms with van der Waals surface area (Å²) in [5.74, 6) is -0.503. The molecule has 1 N–H and O–H groups in total. The van der Waals surface area contributed by atoms with Gasteiger partial charge in [-0.1, -0.05) is 25.6 Å². The number of carboxylic acids is 1. The van der Waals surface area contributed by atoms with Gasteiger partial charge in [-0.3, -0.25) is 4.79 Å². The van der Waals surface area contributed by atoms with Gasteiger partial charge in [0.1, 0.15) is 5.01 Å². The molecule has 21 heavy (non-hydrogen) atoms. The number of carbonyl (C=O) groups is 1. The molecule has 114 valence electrons. The number of nitrogens with zero attached hydrogens (tertiary/aromatic N) is 3. The van der Waals surface area contributed by atoms with Gasteiger partial charge in [-0.15, -0.1) is 11.3 Å². The van der Waals surface area contributed by atoms with E-state index in [0.717, 1.165) is 21.6 Å². The van der Waals surface area contributed by atoms with Crippen molar-refractivity contribution >= 4 is 29.1 Å². The fraction of sp³-hybridized carbons (Fsp3) is 0.500. The van der Waals surface area contributed by atoms with E-state index in [1.54, 1.807) is 11.3 Å². The van der Waals surface area contributed by atoms with E-state index in [1.807, 2.05) is 18.5 Å². The van der Waals surface area contributed by atoms with E-state index in [4.69, 9.17) is 5.11 Å². The molecule has 0 amide bonds. The molecule has 5 nitrogen and oxygen atoms in total. The van der Waals surface area contributed by atoms with Gasteiger partial charge in [-0.25, -0.2) is 9.97 Å². The SMILES string of the molecule is Cc1csc(C(C)n2c(C(C)C)cnc2SCC(=O)O)n1. The normalized spacial score (nSPS) is 12.8. The van der Waals surface area contributed by atoms with Crippen LogP contribution in [0.5, 0.6) is 0 Å². The monoisotopic (exact) mass is 325 g/mol. The Kier molecular flexibility index (Phi) is 5.05. The lowest BCUT2D eigenvalue weighted by atomic mass is 10.1. The summed E-state index contributed by atoms with van der Waals surface area (Å²) in [4.78, 5) is 19.7. The Balaban J connectivity index is 2.38. The highest BCUT2D eigenvalue weighted by Crippen LogP contribution is 2.31. The molecule has 2 heterocycles. The molecule has 0 bridgehead atoms. The van der Waals surface area contributed by atoms with Crippen molar-refractivity contribution in [2.45, 2.75) is 44.8 Å². The highest BCUT2D eigenvalue weighted by molar-refractivity contribution is 7.99. The summed E-state index contributed by atoms with van der Waals surface area (Å²) in [5.41, 5.74) is 2.11. The van der Waals surface area contributed by atoms with Crippen LogP contribution >= 0.6 is 23.1 Å². The van der Waals surface area contributed by atoms with Crippen molar-refractivity contribution < 1.29 is 9.90 Å². The Hall–Kier alpha value is -1.34. The van der Waals surface area contributed by atoms with E-state index in [2.05, 4.69) is 35.3 Å². The number of aryl methyl sites for hydroxylation is 1. The number of hydrogen-bond donors (Lipinski definition) is 1. The van der Waals surface area contributed by atoms with Crippen molar-refractivity contribution in [3.8, 4) is 0 Å². The first-order chi connectivity index (χ1) is 9.90. The summed E-state index contributed by atoms with van der Waals surface area (Å²) in [5, 5.41) is 12.7. The molecule has 2 aromatic rings. The minimum Gasteiger partial charge on any atom is -0.481 e. The molecule has 0 aliphatic heterocycles. The van der Waals surface area contributed by atoms with Crippen LogP contribution in [-0.2, 0) is 4.79 Å². The van der Waals surface area contributed by atoms with Crippen molar-refractivity contribution in [1.82, 2.24) is 14.5 Å². The van der Waals surface area contributed by atoms with Crippen molar-refractivity contribution in [3.63, 3.8) is 0 Å². The number of rotatable bonds is 6. The number of imidazole rings is 1. The number of aliphatic carboxylic acids is 1. The van der Waals surface area contributed by atoms with Crippen molar-refractivity contribution in [3.05, 3.63) is 28.0 Å². The van der Waals surface area contributed by atoms with E-state index in [0.29, 0.717) is 5.92 Å². The van der Waals surface area contributed by atoms with Gasteiger partial charge in [-0.2, -0.15) is 0 Å². The lowest BCUT2D eigenvalue weighted by Crippen LogP contribution is -2.13. The highest BCUT2D eigenvalue weighted by Gasteiger charge is 2.21. The average molecular weight is 325 g/mol. The molecule has 2 aromatic heterocycles. The largest absolute Gasteiger partial charge is 0.481 e. The maximum absolute atomic E-state index is 10.8. The second kappa shape index (κ2) is 6.62. The number of aromatic nitrogens is 3. The molecule has 0 fully saturated rings. The van der Waals surface area contributed by atoms with Crippen LogP contribution in [0.3, 0.4) is 0 Å². The van der Waals surface area contributed by atoms with Gasteiger partial charge in [0, 0.05) is 23.0 Å². The maximum Gasteiger partial charge on any atom is 0.313 e. The van der Waals surface area contributed by atoms with Gasteiger partial charge in [0.15, 0.2) is 5.16 Å².